The van der Waals surface area contributed by atoms with Crippen molar-refractivity contribution in [2.24, 2.45) is 5.92 Å². The van der Waals surface area contributed by atoms with Gasteiger partial charge >= 0.3 is 5.97 Å². The van der Waals surface area contributed by atoms with Gasteiger partial charge in [-0.1, -0.05) is 12.5 Å². The predicted octanol–water partition coefficient (Wildman–Crippen LogP) is 3.52. The Morgan fingerprint density at radius 1 is 1.04 bits per heavy atom. The van der Waals surface area contributed by atoms with Gasteiger partial charge in [-0.25, -0.2) is 0 Å². The van der Waals surface area contributed by atoms with Crippen LogP contribution in [0, 0.1) is 5.92 Å². The van der Waals surface area contributed by atoms with E-state index in [1.807, 2.05) is 4.90 Å². The summed E-state index contributed by atoms with van der Waals surface area (Å²) in [6, 6.07) is 7.10. The smallest absolute Gasteiger partial charge is 0.307 e. The molecule has 3 fully saturated rings. The molecule has 1 aromatic rings. The van der Waals surface area contributed by atoms with E-state index in [4.69, 9.17) is 4.74 Å². The number of amides is 2. The van der Waals surface area contributed by atoms with Gasteiger partial charge in [0.1, 0.15) is 5.60 Å². The molecular weight excluding hydrogens is 356 g/mol. The van der Waals surface area contributed by atoms with Crippen LogP contribution in [0.1, 0.15) is 68.1 Å². The summed E-state index contributed by atoms with van der Waals surface area (Å²) in [7, 11) is 0. The van der Waals surface area contributed by atoms with Crippen LogP contribution in [0.2, 0.25) is 0 Å². The van der Waals surface area contributed by atoms with E-state index in [-0.39, 0.29) is 24.2 Å². The monoisotopic (exact) mass is 384 g/mol. The molecule has 3 aliphatic rings. The number of carbonyl (C=O) groups is 3. The van der Waals surface area contributed by atoms with Crippen molar-refractivity contribution in [1.82, 2.24) is 4.90 Å². The lowest BCUT2D eigenvalue weighted by atomic mass is 9.75. The Hall–Kier alpha value is -2.37. The molecule has 4 rings (SSSR count). The number of hydrogen-bond donors (Lipinski definition) is 1. The quantitative estimate of drug-likeness (QED) is 0.809. The van der Waals surface area contributed by atoms with Crippen LogP contribution < -0.4 is 5.32 Å². The summed E-state index contributed by atoms with van der Waals surface area (Å²) in [4.78, 5) is 39.5. The summed E-state index contributed by atoms with van der Waals surface area (Å²) < 4.78 is 5.64. The van der Waals surface area contributed by atoms with E-state index >= 15 is 0 Å². The lowest BCUT2D eigenvalue weighted by Gasteiger charge is -2.36. The standard InChI is InChI=1S/C22H28N2O4/c25-19-15-18(22(28-19)10-3-1-4-11-22)20(26)23-17-9-7-8-16(14-17)21(27)24-12-5-2-6-13-24/h7-9,14,18H,1-6,10-13,15H2,(H,23,26)/t18-/m0/s1. The van der Waals surface area contributed by atoms with Gasteiger partial charge in [0, 0.05) is 24.3 Å². The summed E-state index contributed by atoms with van der Waals surface area (Å²) in [5.74, 6) is -0.910. The molecule has 1 atom stereocenters. The highest BCUT2D eigenvalue weighted by Crippen LogP contribution is 2.44. The van der Waals surface area contributed by atoms with Gasteiger partial charge in [-0.2, -0.15) is 0 Å². The van der Waals surface area contributed by atoms with E-state index in [1.165, 1.54) is 6.42 Å². The maximum Gasteiger partial charge on any atom is 0.307 e. The first-order valence-electron chi connectivity index (χ1n) is 10.5. The summed E-state index contributed by atoms with van der Waals surface area (Å²) >= 11 is 0. The molecule has 2 saturated heterocycles. The van der Waals surface area contributed by atoms with Gasteiger partial charge in [0.2, 0.25) is 5.91 Å². The van der Waals surface area contributed by atoms with Gasteiger partial charge in [0.05, 0.1) is 12.3 Å². The van der Waals surface area contributed by atoms with E-state index < -0.39 is 11.5 Å². The highest BCUT2D eigenvalue weighted by molar-refractivity contribution is 5.99. The molecule has 2 heterocycles. The number of hydrogen-bond acceptors (Lipinski definition) is 4. The van der Waals surface area contributed by atoms with Crippen LogP contribution in [-0.2, 0) is 14.3 Å². The summed E-state index contributed by atoms with van der Waals surface area (Å²) in [5, 5.41) is 2.93. The van der Waals surface area contributed by atoms with E-state index in [9.17, 15) is 14.4 Å². The first kappa shape index (κ1) is 19.0. The summed E-state index contributed by atoms with van der Waals surface area (Å²) in [5.41, 5.74) is 0.546. The van der Waals surface area contributed by atoms with Crippen molar-refractivity contribution >= 4 is 23.5 Å². The normalized spacial score (nSPS) is 24.1. The van der Waals surface area contributed by atoms with E-state index in [1.54, 1.807) is 24.3 Å². The van der Waals surface area contributed by atoms with Crippen LogP contribution in [0.5, 0.6) is 0 Å². The average molecular weight is 384 g/mol. The average Bonchev–Trinajstić information content (AvgIpc) is 3.04. The minimum atomic E-state index is -0.638. The number of rotatable bonds is 3. The first-order valence-corrected chi connectivity index (χ1v) is 10.5. The Morgan fingerprint density at radius 3 is 2.50 bits per heavy atom. The molecule has 28 heavy (non-hydrogen) atoms. The largest absolute Gasteiger partial charge is 0.458 e. The van der Waals surface area contributed by atoms with Gasteiger partial charge in [-0.3, -0.25) is 14.4 Å². The molecule has 0 bridgehead atoms. The Bertz CT molecular complexity index is 764. The molecule has 1 spiro atoms. The Kier molecular flexibility index (Phi) is 5.38. The van der Waals surface area contributed by atoms with E-state index in [0.717, 1.165) is 58.0 Å². The molecular formula is C22H28N2O4. The SMILES string of the molecule is O=C1C[C@@H](C(=O)Nc2cccc(C(=O)N3CCCCC3)c2)C2(CCCCC2)O1. The third-order valence-corrected chi connectivity index (χ3v) is 6.36. The second-order valence-electron chi connectivity index (χ2n) is 8.28. The maximum atomic E-state index is 13.0. The molecule has 0 aromatic heterocycles. The minimum absolute atomic E-state index is 0.0129. The fourth-order valence-electron chi connectivity index (χ4n) is 4.86. The molecule has 0 radical (unpaired) electrons. The van der Waals surface area contributed by atoms with Gasteiger partial charge in [-0.05, 0) is 63.1 Å². The number of carbonyl (C=O) groups excluding carboxylic acids is 3. The first-order chi connectivity index (χ1) is 13.6. The fraction of sp³-hybridized carbons (Fsp3) is 0.591. The van der Waals surface area contributed by atoms with Crippen molar-refractivity contribution in [2.75, 3.05) is 18.4 Å². The summed E-state index contributed by atoms with van der Waals surface area (Å²) in [6.07, 6.45) is 7.98. The third-order valence-electron chi connectivity index (χ3n) is 6.36. The van der Waals surface area contributed by atoms with E-state index in [0.29, 0.717) is 11.3 Å². The highest BCUT2D eigenvalue weighted by Gasteiger charge is 2.52. The van der Waals surface area contributed by atoms with Crippen molar-refractivity contribution in [1.29, 1.82) is 0 Å². The van der Waals surface area contributed by atoms with Gasteiger partial charge in [0.25, 0.3) is 5.91 Å². The molecule has 1 N–H and O–H groups in total. The lowest BCUT2D eigenvalue weighted by molar-refractivity contribution is -0.153. The zero-order valence-electron chi connectivity index (χ0n) is 16.2. The third kappa shape index (κ3) is 3.77. The van der Waals surface area contributed by atoms with Crippen LogP contribution in [-0.4, -0.2) is 41.4 Å². The van der Waals surface area contributed by atoms with Crippen LogP contribution in [0.25, 0.3) is 0 Å². The van der Waals surface area contributed by atoms with Crippen LogP contribution >= 0.6 is 0 Å². The van der Waals surface area contributed by atoms with Gasteiger partial charge < -0.3 is 15.0 Å². The van der Waals surface area contributed by atoms with Crippen LogP contribution in [0.15, 0.2) is 24.3 Å². The predicted molar refractivity (Wildman–Crippen MR) is 105 cm³/mol. The Morgan fingerprint density at radius 2 is 1.75 bits per heavy atom. The zero-order chi connectivity index (χ0) is 19.6. The second-order valence-corrected chi connectivity index (χ2v) is 8.28. The molecule has 1 aromatic carbocycles. The minimum Gasteiger partial charge on any atom is -0.458 e. The molecule has 2 aliphatic heterocycles. The number of likely N-dealkylation sites (tertiary alicyclic amines) is 1. The number of anilines is 1. The molecule has 1 aliphatic carbocycles. The van der Waals surface area contributed by atoms with Crippen LogP contribution in [0.4, 0.5) is 5.69 Å². The van der Waals surface area contributed by atoms with Crippen molar-refractivity contribution in [3.05, 3.63) is 29.8 Å². The number of ether oxygens (including phenoxy) is 1. The second kappa shape index (κ2) is 7.94. The molecule has 2 amide bonds. The molecule has 1 saturated carbocycles. The highest BCUT2D eigenvalue weighted by atomic mass is 16.6. The number of nitrogens with one attached hydrogen (secondary N) is 1. The molecule has 6 nitrogen and oxygen atoms in total. The van der Waals surface area contributed by atoms with E-state index in [2.05, 4.69) is 5.32 Å². The van der Waals surface area contributed by atoms with Crippen molar-refractivity contribution in [3.8, 4) is 0 Å². The van der Waals surface area contributed by atoms with Crippen molar-refractivity contribution in [2.45, 2.75) is 63.4 Å². The van der Waals surface area contributed by atoms with Gasteiger partial charge in [-0.15, -0.1) is 0 Å². The number of nitrogens with zero attached hydrogens (tertiary/aromatic N) is 1. The molecule has 6 heteroatoms. The van der Waals surface area contributed by atoms with Crippen LogP contribution in [0.3, 0.4) is 0 Å². The fourth-order valence-corrected chi connectivity index (χ4v) is 4.86. The number of piperidine rings is 1. The topological polar surface area (TPSA) is 75.7 Å². The Balaban J connectivity index is 1.47. The number of esters is 1. The van der Waals surface area contributed by atoms with Crippen molar-refractivity contribution < 1.29 is 19.1 Å². The molecule has 150 valence electrons. The Labute approximate surface area is 165 Å². The number of benzene rings is 1. The van der Waals surface area contributed by atoms with Gasteiger partial charge in [0.15, 0.2) is 0 Å². The summed E-state index contributed by atoms with van der Waals surface area (Å²) in [6.45, 7) is 1.58. The lowest BCUT2D eigenvalue weighted by Crippen LogP contribution is -2.43. The van der Waals surface area contributed by atoms with Crippen molar-refractivity contribution in [3.63, 3.8) is 0 Å². The zero-order valence-corrected chi connectivity index (χ0v) is 16.2. The molecule has 0 unspecified atom stereocenters. The maximum absolute atomic E-state index is 13.0.